The van der Waals surface area contributed by atoms with Gasteiger partial charge < -0.3 is 20.0 Å². The van der Waals surface area contributed by atoms with E-state index in [0.29, 0.717) is 37.6 Å². The fraction of sp³-hybridized carbons (Fsp3) is 0.333. The van der Waals surface area contributed by atoms with Crippen LogP contribution >= 0.6 is 0 Å². The van der Waals surface area contributed by atoms with Crippen LogP contribution in [0.1, 0.15) is 43.7 Å². The molecule has 0 amide bonds. The summed E-state index contributed by atoms with van der Waals surface area (Å²) in [6.45, 7) is 4.83. The van der Waals surface area contributed by atoms with Gasteiger partial charge in [0, 0.05) is 18.6 Å². The molecule has 0 radical (unpaired) electrons. The van der Waals surface area contributed by atoms with E-state index in [1.165, 1.54) is 0 Å². The molecule has 0 aliphatic heterocycles. The lowest BCUT2D eigenvalue weighted by molar-refractivity contribution is -0.115. The number of rotatable bonds is 7. The molecule has 1 fully saturated rings. The molecular formula is C24H27NO4. The van der Waals surface area contributed by atoms with Gasteiger partial charge in [0.15, 0.2) is 17.3 Å². The van der Waals surface area contributed by atoms with Crippen molar-refractivity contribution in [3.63, 3.8) is 0 Å². The average molecular weight is 393 g/mol. The highest BCUT2D eigenvalue weighted by atomic mass is 16.5. The highest BCUT2D eigenvalue weighted by Gasteiger charge is 2.31. The summed E-state index contributed by atoms with van der Waals surface area (Å²) in [6, 6.07) is 15.2. The Labute approximate surface area is 171 Å². The number of nitrogens with one attached hydrogen (secondary N) is 1. The van der Waals surface area contributed by atoms with Gasteiger partial charge >= 0.3 is 0 Å². The number of carbonyl (C=O) groups excluding carboxylic acids is 1. The van der Waals surface area contributed by atoms with Gasteiger partial charge in [-0.3, -0.25) is 4.79 Å². The van der Waals surface area contributed by atoms with Gasteiger partial charge in [-0.05, 0) is 49.4 Å². The van der Waals surface area contributed by atoms with Gasteiger partial charge in [0.1, 0.15) is 5.76 Å². The molecule has 5 nitrogen and oxygen atoms in total. The van der Waals surface area contributed by atoms with E-state index in [2.05, 4.69) is 0 Å². The number of ether oxygens (including phenoxy) is 2. The number of benzene rings is 2. The molecule has 3 rings (SSSR count). The predicted octanol–water partition coefficient (Wildman–Crippen LogP) is 5.01. The summed E-state index contributed by atoms with van der Waals surface area (Å²) < 4.78 is 11.2. The monoisotopic (exact) mass is 393 g/mol. The maximum atomic E-state index is 12.7. The molecule has 5 heteroatoms. The van der Waals surface area contributed by atoms with Crippen LogP contribution in [-0.4, -0.2) is 29.8 Å². The molecule has 152 valence electrons. The highest BCUT2D eigenvalue weighted by Crippen LogP contribution is 2.34. The molecule has 0 saturated heterocycles. The smallest absolute Gasteiger partial charge is 0.168 e. The maximum absolute atomic E-state index is 12.7. The minimum Gasteiger partial charge on any atom is -0.511 e. The van der Waals surface area contributed by atoms with E-state index in [9.17, 15) is 9.90 Å². The number of carbonyl (C=O) groups is 1. The number of ketones is 1. The Kier molecular flexibility index (Phi) is 6.70. The molecule has 1 aliphatic carbocycles. The first kappa shape index (κ1) is 20.6. The first-order valence-electron chi connectivity index (χ1n) is 10.00. The van der Waals surface area contributed by atoms with E-state index >= 15 is 0 Å². The first-order valence-corrected chi connectivity index (χ1v) is 10.00. The first-order chi connectivity index (χ1) is 14.0. The third kappa shape index (κ3) is 4.86. The quantitative estimate of drug-likeness (QED) is 0.512. The Morgan fingerprint density at radius 3 is 2.38 bits per heavy atom. The number of Topliss-reactive ketones (excluding diaryl/α,β-unsaturated/α-hetero) is 1. The fourth-order valence-corrected chi connectivity index (χ4v) is 3.70. The third-order valence-electron chi connectivity index (χ3n) is 5.00. The molecule has 0 heterocycles. The number of hydrogen-bond acceptors (Lipinski definition) is 5. The summed E-state index contributed by atoms with van der Waals surface area (Å²) in [4.78, 5) is 12.7. The maximum Gasteiger partial charge on any atom is 0.168 e. The topological polar surface area (TPSA) is 79.6 Å². The van der Waals surface area contributed by atoms with E-state index in [1.807, 2.05) is 56.3 Å². The highest BCUT2D eigenvalue weighted by molar-refractivity contribution is 6.23. The normalized spacial score (nSPS) is 18.5. The van der Waals surface area contributed by atoms with Crippen molar-refractivity contribution in [3.8, 4) is 11.5 Å². The van der Waals surface area contributed by atoms with Crippen LogP contribution in [0.15, 0.2) is 59.9 Å². The van der Waals surface area contributed by atoms with Crippen LogP contribution in [0, 0.1) is 5.41 Å². The molecular weight excluding hydrogens is 366 g/mol. The van der Waals surface area contributed by atoms with Gasteiger partial charge in [-0.15, -0.1) is 0 Å². The lowest BCUT2D eigenvalue weighted by Crippen LogP contribution is -2.26. The van der Waals surface area contributed by atoms with Gasteiger partial charge in [-0.1, -0.05) is 36.4 Å². The van der Waals surface area contributed by atoms with E-state index in [1.54, 1.807) is 6.07 Å². The lowest BCUT2D eigenvalue weighted by Gasteiger charge is -2.25. The van der Waals surface area contributed by atoms with Crippen LogP contribution in [0.3, 0.4) is 0 Å². The standard InChI is InChI=1S/C24H27NO4/c1-3-28-22-11-10-16(13-23(22)29-4-2)12-20(26)24-19(25)14-18(15-21(24)27)17-8-6-5-7-9-17/h5-11,13,18,25-26H,3-4,12,14-15H2,1-2H3/t18-/m1/s1. The van der Waals surface area contributed by atoms with E-state index in [0.717, 1.165) is 11.1 Å². The van der Waals surface area contributed by atoms with Crippen molar-refractivity contribution >= 4 is 11.5 Å². The van der Waals surface area contributed by atoms with Crippen molar-refractivity contribution in [1.29, 1.82) is 5.41 Å². The van der Waals surface area contributed by atoms with Crippen molar-refractivity contribution in [1.82, 2.24) is 0 Å². The molecule has 0 spiro atoms. The minimum absolute atomic E-state index is 0.0113. The van der Waals surface area contributed by atoms with Crippen LogP contribution in [0.5, 0.6) is 11.5 Å². The van der Waals surface area contributed by atoms with E-state index in [-0.39, 0.29) is 35.2 Å². The van der Waals surface area contributed by atoms with Gasteiger partial charge in [0.05, 0.1) is 18.8 Å². The van der Waals surface area contributed by atoms with Crippen LogP contribution < -0.4 is 9.47 Å². The molecule has 1 aliphatic rings. The van der Waals surface area contributed by atoms with E-state index < -0.39 is 0 Å². The molecule has 2 aromatic carbocycles. The van der Waals surface area contributed by atoms with Crippen LogP contribution in [0.4, 0.5) is 0 Å². The molecule has 1 saturated carbocycles. The van der Waals surface area contributed by atoms with Crippen LogP contribution in [-0.2, 0) is 11.2 Å². The van der Waals surface area contributed by atoms with Gasteiger partial charge in [0.25, 0.3) is 0 Å². The molecule has 1 atom stereocenters. The molecule has 2 N–H and O–H groups in total. The summed E-state index contributed by atoms with van der Waals surface area (Å²) in [5.74, 6) is 1.01. The minimum atomic E-state index is -0.177. The molecule has 29 heavy (non-hydrogen) atoms. The fourth-order valence-electron chi connectivity index (χ4n) is 3.70. The van der Waals surface area contributed by atoms with Gasteiger partial charge in [0.2, 0.25) is 0 Å². The van der Waals surface area contributed by atoms with Crippen molar-refractivity contribution in [2.24, 2.45) is 0 Å². The number of allylic oxidation sites excluding steroid dienone is 2. The summed E-state index contributed by atoms with van der Waals surface area (Å²) in [7, 11) is 0. The van der Waals surface area contributed by atoms with Crippen molar-refractivity contribution in [2.75, 3.05) is 13.2 Å². The molecule has 2 aromatic rings. The lowest BCUT2D eigenvalue weighted by atomic mass is 9.79. The molecule has 0 unspecified atom stereocenters. The van der Waals surface area contributed by atoms with Crippen LogP contribution in [0.25, 0.3) is 0 Å². The number of hydrogen-bond donors (Lipinski definition) is 2. The Morgan fingerprint density at radius 1 is 1.03 bits per heavy atom. The second-order valence-corrected chi connectivity index (χ2v) is 7.06. The van der Waals surface area contributed by atoms with E-state index in [4.69, 9.17) is 14.9 Å². The Morgan fingerprint density at radius 2 is 1.72 bits per heavy atom. The SMILES string of the molecule is CCOc1ccc(CC(O)=C2C(=N)C[C@@H](c3ccccc3)CC2=O)cc1OCC. The Hall–Kier alpha value is -3.08. The molecule has 0 aromatic heterocycles. The second-order valence-electron chi connectivity index (χ2n) is 7.06. The molecule has 0 bridgehead atoms. The zero-order chi connectivity index (χ0) is 20.8. The van der Waals surface area contributed by atoms with Crippen LogP contribution in [0.2, 0.25) is 0 Å². The largest absolute Gasteiger partial charge is 0.511 e. The number of aliphatic hydroxyl groups is 1. The Bertz CT molecular complexity index is 898. The summed E-state index contributed by atoms with van der Waals surface area (Å²) in [5, 5.41) is 19.0. The van der Waals surface area contributed by atoms with Gasteiger partial charge in [-0.25, -0.2) is 0 Å². The average Bonchev–Trinajstić information content (AvgIpc) is 2.70. The third-order valence-corrected chi connectivity index (χ3v) is 5.00. The van der Waals surface area contributed by atoms with Crippen molar-refractivity contribution in [3.05, 3.63) is 71.0 Å². The number of aliphatic hydroxyl groups excluding tert-OH is 1. The second kappa shape index (κ2) is 9.41. The summed E-state index contributed by atoms with van der Waals surface area (Å²) in [6.07, 6.45) is 0.924. The van der Waals surface area contributed by atoms with Crippen molar-refractivity contribution < 1.29 is 19.4 Å². The zero-order valence-electron chi connectivity index (χ0n) is 16.9. The van der Waals surface area contributed by atoms with Gasteiger partial charge in [-0.2, -0.15) is 0 Å². The summed E-state index contributed by atoms with van der Waals surface area (Å²) >= 11 is 0. The summed E-state index contributed by atoms with van der Waals surface area (Å²) in [5.41, 5.74) is 2.21. The Balaban J connectivity index is 1.80. The predicted molar refractivity (Wildman–Crippen MR) is 113 cm³/mol. The van der Waals surface area contributed by atoms with Crippen molar-refractivity contribution in [2.45, 2.75) is 39.0 Å². The zero-order valence-corrected chi connectivity index (χ0v) is 16.9.